The van der Waals surface area contributed by atoms with E-state index in [1.165, 1.54) is 6.07 Å². The fraction of sp³-hybridized carbons (Fsp3) is 0.273. The smallest absolute Gasteiger partial charge is 0.339 e. The van der Waals surface area contributed by atoms with Gasteiger partial charge >= 0.3 is 5.97 Å². The minimum Gasteiger partial charge on any atom is -0.478 e. The number of carboxylic acids is 1. The summed E-state index contributed by atoms with van der Waals surface area (Å²) in [4.78, 5) is 19.2. The zero-order chi connectivity index (χ0) is 13.8. The van der Waals surface area contributed by atoms with Crippen LogP contribution in [0.1, 0.15) is 16.2 Å². The van der Waals surface area contributed by atoms with Crippen LogP contribution in [0.25, 0.3) is 0 Å². The largest absolute Gasteiger partial charge is 0.478 e. The van der Waals surface area contributed by atoms with E-state index in [1.807, 2.05) is 0 Å². The van der Waals surface area contributed by atoms with Gasteiger partial charge in [-0.1, -0.05) is 0 Å². The summed E-state index contributed by atoms with van der Waals surface area (Å²) < 4.78 is 2.25. The highest BCUT2D eigenvalue weighted by Crippen LogP contribution is 2.17. The van der Waals surface area contributed by atoms with E-state index in [0.717, 1.165) is 0 Å². The molecule has 2 N–H and O–H groups in total. The van der Waals surface area contributed by atoms with E-state index in [-0.39, 0.29) is 5.56 Å². The Hall–Kier alpha value is -1.96. The van der Waals surface area contributed by atoms with Gasteiger partial charge in [0.25, 0.3) is 0 Å². The van der Waals surface area contributed by atoms with Gasteiger partial charge in [0.05, 0.1) is 0 Å². The number of aromatic carboxylic acids is 1. The summed E-state index contributed by atoms with van der Waals surface area (Å²) in [6, 6.07) is 1.51. The fourth-order valence-electron chi connectivity index (χ4n) is 1.53. The zero-order valence-corrected chi connectivity index (χ0v) is 11.8. The van der Waals surface area contributed by atoms with Gasteiger partial charge in [-0.2, -0.15) is 5.10 Å². The zero-order valence-electron chi connectivity index (χ0n) is 10.2. The minimum absolute atomic E-state index is 0.128. The second kappa shape index (κ2) is 5.79. The molecule has 100 valence electrons. The maximum absolute atomic E-state index is 11.1. The maximum atomic E-state index is 11.1. The Morgan fingerprint density at radius 1 is 1.53 bits per heavy atom. The van der Waals surface area contributed by atoms with E-state index in [2.05, 4.69) is 36.3 Å². The van der Waals surface area contributed by atoms with Crippen LogP contribution >= 0.6 is 15.9 Å². The summed E-state index contributed by atoms with van der Waals surface area (Å²) in [5.41, 5.74) is 0.128. The maximum Gasteiger partial charge on any atom is 0.339 e. The first kappa shape index (κ1) is 13.5. The Morgan fingerprint density at radius 2 is 2.32 bits per heavy atom. The van der Waals surface area contributed by atoms with Crippen molar-refractivity contribution in [1.29, 1.82) is 0 Å². The molecule has 8 heteroatoms. The highest BCUT2D eigenvalue weighted by Gasteiger charge is 2.11. The van der Waals surface area contributed by atoms with Crippen molar-refractivity contribution >= 4 is 27.7 Å². The van der Waals surface area contributed by atoms with Crippen LogP contribution in [-0.4, -0.2) is 37.4 Å². The van der Waals surface area contributed by atoms with Gasteiger partial charge in [-0.05, 0) is 22.0 Å². The minimum atomic E-state index is -1.02. The highest BCUT2D eigenvalue weighted by atomic mass is 79.9. The van der Waals surface area contributed by atoms with Crippen molar-refractivity contribution < 1.29 is 9.90 Å². The Labute approximate surface area is 117 Å². The SMILES string of the molecule is Cn1cnc(CCNc2ncc(Br)cc2C(=O)O)n1. The Kier molecular flexibility index (Phi) is 4.10. The van der Waals surface area contributed by atoms with Crippen LogP contribution in [0, 0.1) is 0 Å². The summed E-state index contributed by atoms with van der Waals surface area (Å²) in [5.74, 6) is 0.0166. The second-order valence-electron chi connectivity index (χ2n) is 3.87. The monoisotopic (exact) mass is 325 g/mol. The van der Waals surface area contributed by atoms with Crippen molar-refractivity contribution in [3.05, 3.63) is 34.5 Å². The average Bonchev–Trinajstić information content (AvgIpc) is 2.77. The van der Waals surface area contributed by atoms with Crippen LogP contribution in [0.4, 0.5) is 5.82 Å². The normalized spacial score (nSPS) is 10.4. The number of aryl methyl sites for hydroxylation is 1. The predicted molar refractivity (Wildman–Crippen MR) is 72.1 cm³/mol. The molecule has 0 spiro atoms. The molecular formula is C11H12BrN5O2. The molecule has 7 nitrogen and oxygen atoms in total. The Morgan fingerprint density at radius 3 is 2.95 bits per heavy atom. The second-order valence-corrected chi connectivity index (χ2v) is 4.78. The molecule has 0 fully saturated rings. The van der Waals surface area contributed by atoms with Gasteiger partial charge < -0.3 is 10.4 Å². The lowest BCUT2D eigenvalue weighted by atomic mass is 10.2. The van der Waals surface area contributed by atoms with Crippen molar-refractivity contribution in [3.8, 4) is 0 Å². The third kappa shape index (κ3) is 3.50. The molecule has 2 rings (SSSR count). The van der Waals surface area contributed by atoms with E-state index in [1.54, 1.807) is 24.3 Å². The van der Waals surface area contributed by atoms with Crippen molar-refractivity contribution in [2.45, 2.75) is 6.42 Å². The van der Waals surface area contributed by atoms with Crippen LogP contribution in [0.5, 0.6) is 0 Å². The molecule has 0 saturated heterocycles. The summed E-state index contributed by atoms with van der Waals surface area (Å²) in [6.07, 6.45) is 3.77. The summed E-state index contributed by atoms with van der Waals surface area (Å²) >= 11 is 3.20. The van der Waals surface area contributed by atoms with Gasteiger partial charge in [0, 0.05) is 30.7 Å². The molecule has 0 atom stereocenters. The number of anilines is 1. The van der Waals surface area contributed by atoms with Crippen LogP contribution < -0.4 is 5.32 Å². The van der Waals surface area contributed by atoms with Crippen LogP contribution in [0.15, 0.2) is 23.1 Å². The van der Waals surface area contributed by atoms with Crippen molar-refractivity contribution in [2.24, 2.45) is 7.05 Å². The molecular weight excluding hydrogens is 314 g/mol. The third-order valence-corrected chi connectivity index (χ3v) is 2.81. The van der Waals surface area contributed by atoms with Crippen molar-refractivity contribution in [3.63, 3.8) is 0 Å². The topological polar surface area (TPSA) is 92.9 Å². The lowest BCUT2D eigenvalue weighted by Gasteiger charge is -2.07. The third-order valence-electron chi connectivity index (χ3n) is 2.37. The number of nitrogens with zero attached hydrogens (tertiary/aromatic N) is 4. The summed E-state index contributed by atoms with van der Waals surface area (Å²) in [6.45, 7) is 0.513. The van der Waals surface area contributed by atoms with Crippen LogP contribution in [0.2, 0.25) is 0 Å². The number of carbonyl (C=O) groups is 1. The molecule has 19 heavy (non-hydrogen) atoms. The molecule has 0 unspecified atom stereocenters. The number of carboxylic acid groups (broad SMARTS) is 1. The predicted octanol–water partition coefficient (Wildman–Crippen LogP) is 1.33. The number of rotatable bonds is 5. The van der Waals surface area contributed by atoms with E-state index in [0.29, 0.717) is 29.1 Å². The number of nitrogens with one attached hydrogen (secondary N) is 1. The van der Waals surface area contributed by atoms with E-state index >= 15 is 0 Å². The number of pyridine rings is 1. The molecule has 0 aliphatic rings. The Bertz CT molecular complexity index is 599. The average molecular weight is 326 g/mol. The fourth-order valence-corrected chi connectivity index (χ4v) is 1.87. The Balaban J connectivity index is 2.01. The number of hydrogen-bond donors (Lipinski definition) is 2. The number of aromatic nitrogens is 4. The number of hydrogen-bond acceptors (Lipinski definition) is 5. The van der Waals surface area contributed by atoms with Gasteiger partial charge in [-0.25, -0.2) is 14.8 Å². The quantitative estimate of drug-likeness (QED) is 0.861. The molecule has 0 amide bonds. The van der Waals surface area contributed by atoms with Crippen LogP contribution in [0.3, 0.4) is 0 Å². The molecule has 0 aliphatic heterocycles. The van der Waals surface area contributed by atoms with Crippen LogP contribution in [-0.2, 0) is 13.5 Å². The molecule has 0 saturated carbocycles. The van der Waals surface area contributed by atoms with Crippen molar-refractivity contribution in [1.82, 2.24) is 19.7 Å². The van der Waals surface area contributed by atoms with Gasteiger partial charge in [-0.15, -0.1) is 0 Å². The van der Waals surface area contributed by atoms with Crippen molar-refractivity contribution in [2.75, 3.05) is 11.9 Å². The first-order valence-corrected chi connectivity index (χ1v) is 6.33. The molecule has 0 aromatic carbocycles. The number of halogens is 1. The molecule has 2 aromatic heterocycles. The standard InChI is InChI=1S/C11H12BrN5O2/c1-17-6-15-9(16-17)2-3-13-10-8(11(18)19)4-7(12)5-14-10/h4-6H,2-3H2,1H3,(H,13,14)(H,18,19). The molecule has 2 aromatic rings. The van der Waals surface area contributed by atoms with Gasteiger partial charge in [-0.3, -0.25) is 4.68 Å². The van der Waals surface area contributed by atoms with Gasteiger partial charge in [0.1, 0.15) is 17.7 Å². The molecule has 0 bridgehead atoms. The van der Waals surface area contributed by atoms with Gasteiger partial charge in [0.15, 0.2) is 5.82 Å². The molecule has 0 radical (unpaired) electrons. The first-order valence-electron chi connectivity index (χ1n) is 5.53. The lowest BCUT2D eigenvalue weighted by molar-refractivity contribution is 0.0697. The highest BCUT2D eigenvalue weighted by molar-refractivity contribution is 9.10. The lowest BCUT2D eigenvalue weighted by Crippen LogP contribution is -2.12. The first-order chi connectivity index (χ1) is 9.06. The summed E-state index contributed by atoms with van der Waals surface area (Å²) in [7, 11) is 1.79. The summed E-state index contributed by atoms with van der Waals surface area (Å²) in [5, 5.41) is 16.2. The van der Waals surface area contributed by atoms with Gasteiger partial charge in [0.2, 0.25) is 0 Å². The van der Waals surface area contributed by atoms with E-state index < -0.39 is 5.97 Å². The molecule has 2 heterocycles. The van der Waals surface area contributed by atoms with E-state index in [4.69, 9.17) is 5.11 Å². The van der Waals surface area contributed by atoms with E-state index in [9.17, 15) is 4.79 Å². The molecule has 0 aliphatic carbocycles.